The Morgan fingerprint density at radius 3 is 2.68 bits per heavy atom. The molecule has 5 heteroatoms. The molecule has 2 aromatic rings. The van der Waals surface area contributed by atoms with E-state index in [1.54, 1.807) is 0 Å². The summed E-state index contributed by atoms with van der Waals surface area (Å²) in [7, 11) is 0. The Morgan fingerprint density at radius 2 is 2.04 bits per heavy atom. The number of carbonyl (C=O) groups excluding carboxylic acids is 1. The lowest BCUT2D eigenvalue weighted by atomic mass is 9.90. The monoisotopic (exact) mass is 341 g/mol. The van der Waals surface area contributed by atoms with Crippen molar-refractivity contribution in [3.05, 3.63) is 46.6 Å². The van der Waals surface area contributed by atoms with Crippen LogP contribution < -0.4 is 0 Å². The Morgan fingerprint density at radius 1 is 1.32 bits per heavy atom. The zero-order valence-corrected chi connectivity index (χ0v) is 15.6. The number of hydrogen-bond donors (Lipinski definition) is 0. The minimum absolute atomic E-state index is 0.0701. The number of piperidine rings is 1. The summed E-state index contributed by atoms with van der Waals surface area (Å²) in [4.78, 5) is 19.2. The van der Waals surface area contributed by atoms with Crippen molar-refractivity contribution in [1.82, 2.24) is 15.0 Å². The van der Waals surface area contributed by atoms with E-state index in [0.29, 0.717) is 17.2 Å². The summed E-state index contributed by atoms with van der Waals surface area (Å²) >= 11 is 0. The van der Waals surface area contributed by atoms with Gasteiger partial charge in [0.2, 0.25) is 0 Å². The Hall–Kier alpha value is -2.17. The summed E-state index contributed by atoms with van der Waals surface area (Å²) < 4.78 is 5.28. The molecule has 0 saturated carbocycles. The van der Waals surface area contributed by atoms with Gasteiger partial charge in [0.25, 0.3) is 5.91 Å². The summed E-state index contributed by atoms with van der Waals surface area (Å²) in [5.41, 5.74) is 3.85. The second-order valence-corrected chi connectivity index (χ2v) is 7.40. The van der Waals surface area contributed by atoms with Gasteiger partial charge in [0.05, 0.1) is 5.69 Å². The predicted octanol–water partition coefficient (Wildman–Crippen LogP) is 3.90. The van der Waals surface area contributed by atoms with Gasteiger partial charge in [0.1, 0.15) is 11.3 Å². The van der Waals surface area contributed by atoms with Crippen molar-refractivity contribution in [3.8, 4) is 0 Å². The standard InChI is InChI=1S/C20H27N3O2/c1-13(2)19-18(15(4)25-22-19)20(24)23-9-6-16(7-10-23)12-17-5-8-21-14(3)11-17/h5,8,11,13,16H,6-7,9-10,12H2,1-4H3. The highest BCUT2D eigenvalue weighted by molar-refractivity contribution is 5.96. The molecule has 3 rings (SSSR count). The van der Waals surface area contributed by atoms with Crippen molar-refractivity contribution < 1.29 is 9.32 Å². The van der Waals surface area contributed by atoms with Crippen LogP contribution in [0.15, 0.2) is 22.9 Å². The molecule has 134 valence electrons. The van der Waals surface area contributed by atoms with Crippen molar-refractivity contribution in [2.24, 2.45) is 5.92 Å². The molecule has 3 heterocycles. The number of amides is 1. The van der Waals surface area contributed by atoms with Crippen LogP contribution in [0, 0.1) is 19.8 Å². The van der Waals surface area contributed by atoms with Gasteiger partial charge in [-0.25, -0.2) is 0 Å². The van der Waals surface area contributed by atoms with Crippen LogP contribution in [0.1, 0.15) is 65.7 Å². The highest BCUT2D eigenvalue weighted by atomic mass is 16.5. The second-order valence-electron chi connectivity index (χ2n) is 7.40. The first-order chi connectivity index (χ1) is 12.0. The van der Waals surface area contributed by atoms with E-state index in [1.165, 1.54) is 5.56 Å². The van der Waals surface area contributed by atoms with Crippen molar-refractivity contribution in [2.45, 2.75) is 52.9 Å². The quantitative estimate of drug-likeness (QED) is 0.846. The van der Waals surface area contributed by atoms with Crippen LogP contribution in [0.2, 0.25) is 0 Å². The predicted molar refractivity (Wildman–Crippen MR) is 96.6 cm³/mol. The Bertz CT molecular complexity index is 743. The molecule has 0 radical (unpaired) electrons. The first-order valence-electron chi connectivity index (χ1n) is 9.12. The Balaban J connectivity index is 1.62. The van der Waals surface area contributed by atoms with E-state index in [0.717, 1.165) is 43.7 Å². The van der Waals surface area contributed by atoms with Crippen molar-refractivity contribution >= 4 is 5.91 Å². The molecule has 2 aromatic heterocycles. The highest BCUT2D eigenvalue weighted by Crippen LogP contribution is 2.27. The van der Waals surface area contributed by atoms with Crippen LogP contribution in [0.4, 0.5) is 0 Å². The molecular weight excluding hydrogens is 314 g/mol. The number of aromatic nitrogens is 2. The van der Waals surface area contributed by atoms with E-state index < -0.39 is 0 Å². The minimum Gasteiger partial charge on any atom is -0.361 e. The highest BCUT2D eigenvalue weighted by Gasteiger charge is 2.29. The smallest absolute Gasteiger partial charge is 0.259 e. The molecule has 1 aliphatic heterocycles. The molecule has 1 aliphatic rings. The van der Waals surface area contributed by atoms with Gasteiger partial charge in [0, 0.05) is 25.0 Å². The maximum Gasteiger partial charge on any atom is 0.259 e. The number of likely N-dealkylation sites (tertiary alicyclic amines) is 1. The average Bonchev–Trinajstić information content (AvgIpc) is 2.97. The molecule has 0 aliphatic carbocycles. The third-order valence-corrected chi connectivity index (χ3v) is 5.04. The molecule has 25 heavy (non-hydrogen) atoms. The number of hydrogen-bond acceptors (Lipinski definition) is 4. The zero-order chi connectivity index (χ0) is 18.0. The van der Waals surface area contributed by atoms with Gasteiger partial charge in [-0.15, -0.1) is 0 Å². The van der Waals surface area contributed by atoms with E-state index in [-0.39, 0.29) is 11.8 Å². The number of nitrogens with zero attached hydrogens (tertiary/aromatic N) is 3. The van der Waals surface area contributed by atoms with Crippen molar-refractivity contribution in [1.29, 1.82) is 0 Å². The molecule has 0 spiro atoms. The van der Waals surface area contributed by atoms with Crippen LogP contribution in [0.5, 0.6) is 0 Å². The lowest BCUT2D eigenvalue weighted by molar-refractivity contribution is 0.0687. The van der Waals surface area contributed by atoms with Crippen LogP contribution in [-0.2, 0) is 6.42 Å². The maximum atomic E-state index is 12.9. The molecule has 0 bridgehead atoms. The van der Waals surface area contributed by atoms with Crippen LogP contribution in [0.25, 0.3) is 0 Å². The number of rotatable bonds is 4. The molecule has 0 N–H and O–H groups in total. The maximum absolute atomic E-state index is 12.9. The van der Waals surface area contributed by atoms with Gasteiger partial charge >= 0.3 is 0 Å². The first kappa shape index (κ1) is 17.6. The largest absolute Gasteiger partial charge is 0.361 e. The van der Waals surface area contributed by atoms with Gasteiger partial charge in [-0.1, -0.05) is 19.0 Å². The molecule has 1 amide bonds. The van der Waals surface area contributed by atoms with Gasteiger partial charge in [-0.3, -0.25) is 9.78 Å². The summed E-state index contributed by atoms with van der Waals surface area (Å²) in [6, 6.07) is 4.26. The molecule has 0 atom stereocenters. The van der Waals surface area contributed by atoms with Gasteiger partial charge < -0.3 is 9.42 Å². The van der Waals surface area contributed by atoms with E-state index in [1.807, 2.05) is 38.8 Å². The molecule has 5 nitrogen and oxygen atoms in total. The Labute approximate surface area is 149 Å². The Kier molecular flexibility index (Phi) is 5.21. The van der Waals surface area contributed by atoms with Gasteiger partial charge in [-0.2, -0.15) is 0 Å². The summed E-state index contributed by atoms with van der Waals surface area (Å²) in [6.07, 6.45) is 5.02. The number of carbonyl (C=O) groups is 1. The summed E-state index contributed by atoms with van der Waals surface area (Å²) in [5.74, 6) is 1.51. The van der Waals surface area contributed by atoms with Crippen LogP contribution in [-0.4, -0.2) is 34.0 Å². The normalized spacial score (nSPS) is 15.8. The van der Waals surface area contributed by atoms with E-state index in [9.17, 15) is 4.79 Å². The van der Waals surface area contributed by atoms with E-state index in [2.05, 4.69) is 22.3 Å². The fourth-order valence-electron chi connectivity index (χ4n) is 3.61. The fraction of sp³-hybridized carbons (Fsp3) is 0.550. The molecule has 1 saturated heterocycles. The lowest BCUT2D eigenvalue weighted by Gasteiger charge is -2.32. The average molecular weight is 341 g/mol. The molecule has 0 aromatic carbocycles. The molecular formula is C20H27N3O2. The third kappa shape index (κ3) is 3.91. The topological polar surface area (TPSA) is 59.2 Å². The van der Waals surface area contributed by atoms with Crippen LogP contribution in [0.3, 0.4) is 0 Å². The lowest BCUT2D eigenvalue weighted by Crippen LogP contribution is -2.39. The number of aryl methyl sites for hydroxylation is 2. The van der Waals surface area contributed by atoms with E-state index >= 15 is 0 Å². The van der Waals surface area contributed by atoms with Gasteiger partial charge in [0.15, 0.2) is 0 Å². The number of pyridine rings is 1. The minimum atomic E-state index is 0.0701. The molecule has 0 unspecified atom stereocenters. The fourth-order valence-corrected chi connectivity index (χ4v) is 3.61. The SMILES string of the molecule is Cc1cc(CC2CCN(C(=O)c3c(C(C)C)noc3C)CC2)ccn1. The zero-order valence-electron chi connectivity index (χ0n) is 15.6. The van der Waals surface area contributed by atoms with Crippen LogP contribution >= 0.6 is 0 Å². The van der Waals surface area contributed by atoms with Crippen molar-refractivity contribution in [3.63, 3.8) is 0 Å². The van der Waals surface area contributed by atoms with Gasteiger partial charge in [-0.05, 0) is 62.6 Å². The van der Waals surface area contributed by atoms with E-state index in [4.69, 9.17) is 4.52 Å². The van der Waals surface area contributed by atoms with Crippen molar-refractivity contribution in [2.75, 3.05) is 13.1 Å². The third-order valence-electron chi connectivity index (χ3n) is 5.04. The summed E-state index contributed by atoms with van der Waals surface area (Å²) in [5, 5.41) is 4.08. The summed E-state index contributed by atoms with van der Waals surface area (Å²) in [6.45, 7) is 9.53. The first-order valence-corrected chi connectivity index (χ1v) is 9.12. The molecule has 1 fully saturated rings. The second kappa shape index (κ2) is 7.38.